The Labute approximate surface area is 205 Å². The first kappa shape index (κ1) is 23.5. The molecule has 1 aliphatic carbocycles. The van der Waals surface area contributed by atoms with Crippen LogP contribution in [0.15, 0.2) is 45.8 Å². The van der Waals surface area contributed by atoms with E-state index in [-0.39, 0.29) is 11.6 Å². The standard InChI is InChI=1S/C27H34N6O2/c1-4-8-25(26-29-30-31-33(26)17-23-11-7-12-35-23)32(22-9-5-6-10-22)16-21-15-20-13-18(2)19(3)14-24(20)28-27(21)34/h7,11-15,22,25H,4-6,8-10,16-17H2,1-3H3,(H,28,34)/t25-/m0/s1. The van der Waals surface area contributed by atoms with E-state index in [9.17, 15) is 4.79 Å². The summed E-state index contributed by atoms with van der Waals surface area (Å²) in [5, 5.41) is 13.9. The number of nitrogens with zero attached hydrogens (tertiary/aromatic N) is 5. The van der Waals surface area contributed by atoms with Crippen LogP contribution in [0.4, 0.5) is 0 Å². The molecule has 1 N–H and O–H groups in total. The highest BCUT2D eigenvalue weighted by atomic mass is 16.3. The average molecular weight is 475 g/mol. The van der Waals surface area contributed by atoms with Crippen molar-refractivity contribution in [2.75, 3.05) is 0 Å². The van der Waals surface area contributed by atoms with Gasteiger partial charge in [0.15, 0.2) is 5.82 Å². The van der Waals surface area contributed by atoms with E-state index in [1.165, 1.54) is 24.0 Å². The van der Waals surface area contributed by atoms with Crippen molar-refractivity contribution in [3.8, 4) is 0 Å². The van der Waals surface area contributed by atoms with E-state index >= 15 is 0 Å². The van der Waals surface area contributed by atoms with Crippen LogP contribution in [0, 0.1) is 13.8 Å². The summed E-state index contributed by atoms with van der Waals surface area (Å²) in [5.41, 5.74) is 4.07. The molecule has 8 nitrogen and oxygen atoms in total. The van der Waals surface area contributed by atoms with Gasteiger partial charge in [0.05, 0.1) is 12.3 Å². The third-order valence-electron chi connectivity index (χ3n) is 7.39. The van der Waals surface area contributed by atoms with Gasteiger partial charge in [-0.05, 0) is 90.4 Å². The van der Waals surface area contributed by atoms with Gasteiger partial charge in [-0.25, -0.2) is 4.68 Å². The lowest BCUT2D eigenvalue weighted by Gasteiger charge is -2.35. The normalized spacial score (nSPS) is 15.4. The maximum atomic E-state index is 13.2. The van der Waals surface area contributed by atoms with Gasteiger partial charge in [0.1, 0.15) is 12.3 Å². The molecule has 3 heterocycles. The van der Waals surface area contributed by atoms with Gasteiger partial charge in [0.25, 0.3) is 5.56 Å². The van der Waals surface area contributed by atoms with Gasteiger partial charge in [-0.3, -0.25) is 9.69 Å². The van der Waals surface area contributed by atoms with Gasteiger partial charge in [0, 0.05) is 23.7 Å². The van der Waals surface area contributed by atoms with Crippen molar-refractivity contribution in [1.82, 2.24) is 30.1 Å². The van der Waals surface area contributed by atoms with Crippen molar-refractivity contribution in [3.63, 3.8) is 0 Å². The summed E-state index contributed by atoms with van der Waals surface area (Å²) in [6.07, 6.45) is 8.26. The molecule has 3 aromatic heterocycles. The average Bonchev–Trinajstić information content (AvgIpc) is 3.62. The second-order valence-corrected chi connectivity index (χ2v) is 9.84. The first-order valence-electron chi connectivity index (χ1n) is 12.7. The fourth-order valence-corrected chi connectivity index (χ4v) is 5.40. The Balaban J connectivity index is 1.53. The van der Waals surface area contributed by atoms with Crippen LogP contribution in [-0.4, -0.2) is 36.1 Å². The Morgan fingerprint density at radius 2 is 2.00 bits per heavy atom. The Kier molecular flexibility index (Phi) is 6.81. The maximum absolute atomic E-state index is 13.2. The van der Waals surface area contributed by atoms with E-state index in [1.54, 1.807) is 6.26 Å². The van der Waals surface area contributed by atoms with E-state index in [0.717, 1.165) is 53.7 Å². The van der Waals surface area contributed by atoms with E-state index in [2.05, 4.69) is 64.4 Å². The van der Waals surface area contributed by atoms with Crippen molar-refractivity contribution < 1.29 is 4.42 Å². The first-order chi connectivity index (χ1) is 17.0. The summed E-state index contributed by atoms with van der Waals surface area (Å²) in [4.78, 5) is 18.8. The van der Waals surface area contributed by atoms with E-state index < -0.39 is 0 Å². The van der Waals surface area contributed by atoms with Gasteiger partial charge in [-0.2, -0.15) is 0 Å². The van der Waals surface area contributed by atoms with Crippen LogP contribution in [0.2, 0.25) is 0 Å². The number of furan rings is 1. The highest BCUT2D eigenvalue weighted by Gasteiger charge is 2.33. The fraction of sp³-hybridized carbons (Fsp3) is 0.481. The molecule has 35 heavy (non-hydrogen) atoms. The summed E-state index contributed by atoms with van der Waals surface area (Å²) in [6.45, 7) is 7.43. The fourth-order valence-electron chi connectivity index (χ4n) is 5.40. The Morgan fingerprint density at radius 3 is 2.74 bits per heavy atom. The van der Waals surface area contributed by atoms with Crippen molar-refractivity contribution in [1.29, 1.82) is 0 Å². The lowest BCUT2D eigenvalue weighted by Crippen LogP contribution is -2.39. The number of benzene rings is 1. The third-order valence-corrected chi connectivity index (χ3v) is 7.39. The number of tetrazole rings is 1. The zero-order chi connectivity index (χ0) is 24.4. The molecule has 0 spiro atoms. The number of fused-ring (bicyclic) bond motifs is 1. The number of aromatic nitrogens is 5. The number of hydrogen-bond acceptors (Lipinski definition) is 6. The largest absolute Gasteiger partial charge is 0.467 e. The number of H-pyrrole nitrogens is 1. The predicted octanol–water partition coefficient (Wildman–Crippen LogP) is 5.06. The van der Waals surface area contributed by atoms with Gasteiger partial charge in [0.2, 0.25) is 0 Å². The molecule has 1 fully saturated rings. The zero-order valence-corrected chi connectivity index (χ0v) is 20.8. The molecule has 0 radical (unpaired) electrons. The summed E-state index contributed by atoms with van der Waals surface area (Å²) >= 11 is 0. The lowest BCUT2D eigenvalue weighted by atomic mass is 10.0. The van der Waals surface area contributed by atoms with Crippen LogP contribution in [0.5, 0.6) is 0 Å². The van der Waals surface area contributed by atoms with E-state index in [4.69, 9.17) is 4.42 Å². The minimum absolute atomic E-state index is 0.0166. The summed E-state index contributed by atoms with van der Waals surface area (Å²) < 4.78 is 7.40. The van der Waals surface area contributed by atoms with Gasteiger partial charge >= 0.3 is 0 Å². The minimum Gasteiger partial charge on any atom is -0.467 e. The molecule has 1 aromatic carbocycles. The van der Waals surface area contributed by atoms with Crippen LogP contribution in [-0.2, 0) is 13.1 Å². The van der Waals surface area contributed by atoms with Gasteiger partial charge in [-0.1, -0.05) is 26.2 Å². The predicted molar refractivity (Wildman–Crippen MR) is 135 cm³/mol. The monoisotopic (exact) mass is 474 g/mol. The van der Waals surface area contributed by atoms with Crippen LogP contribution in [0.3, 0.4) is 0 Å². The summed E-state index contributed by atoms with van der Waals surface area (Å²) in [6, 6.07) is 10.5. The highest BCUT2D eigenvalue weighted by Crippen LogP contribution is 2.34. The summed E-state index contributed by atoms with van der Waals surface area (Å²) in [7, 11) is 0. The molecule has 0 bridgehead atoms. The topological polar surface area (TPSA) is 92.8 Å². The minimum atomic E-state index is -0.0193. The molecule has 0 saturated heterocycles. The molecule has 184 valence electrons. The second-order valence-electron chi connectivity index (χ2n) is 9.84. The molecule has 0 aliphatic heterocycles. The van der Waals surface area contributed by atoms with E-state index in [1.807, 2.05) is 16.8 Å². The zero-order valence-electron chi connectivity index (χ0n) is 20.8. The van der Waals surface area contributed by atoms with Crippen molar-refractivity contribution >= 4 is 10.9 Å². The molecule has 1 atom stereocenters. The molecule has 8 heteroatoms. The first-order valence-corrected chi connectivity index (χ1v) is 12.7. The number of hydrogen-bond donors (Lipinski definition) is 1. The molecule has 0 amide bonds. The number of aryl methyl sites for hydroxylation is 2. The third kappa shape index (κ3) is 4.93. The number of pyridine rings is 1. The Bertz CT molecular complexity index is 1330. The molecule has 1 aliphatic rings. The summed E-state index contributed by atoms with van der Waals surface area (Å²) in [5.74, 6) is 1.65. The highest BCUT2D eigenvalue weighted by molar-refractivity contribution is 5.80. The van der Waals surface area contributed by atoms with E-state index in [0.29, 0.717) is 19.1 Å². The van der Waals surface area contributed by atoms with Crippen LogP contribution in [0.1, 0.15) is 79.8 Å². The van der Waals surface area contributed by atoms with Crippen molar-refractivity contribution in [3.05, 3.63) is 75.2 Å². The van der Waals surface area contributed by atoms with Gasteiger partial charge in [-0.15, -0.1) is 5.10 Å². The van der Waals surface area contributed by atoms with Crippen LogP contribution in [0.25, 0.3) is 10.9 Å². The molecular weight excluding hydrogens is 440 g/mol. The number of aromatic amines is 1. The number of rotatable bonds is 9. The maximum Gasteiger partial charge on any atom is 0.252 e. The molecule has 5 rings (SSSR count). The van der Waals surface area contributed by atoms with Crippen LogP contribution >= 0.6 is 0 Å². The Morgan fingerprint density at radius 1 is 1.20 bits per heavy atom. The smallest absolute Gasteiger partial charge is 0.252 e. The van der Waals surface area contributed by atoms with Crippen molar-refractivity contribution in [2.24, 2.45) is 0 Å². The number of nitrogens with one attached hydrogen (secondary N) is 1. The molecular formula is C27H34N6O2. The Hall–Kier alpha value is -3.26. The second kappa shape index (κ2) is 10.2. The van der Waals surface area contributed by atoms with Crippen LogP contribution < -0.4 is 5.56 Å². The molecule has 1 saturated carbocycles. The SMILES string of the molecule is CCC[C@@H](c1nnnn1Cc1ccco1)N(Cc1cc2cc(C)c(C)cc2[nH]c1=O)C1CCCC1. The molecule has 4 aromatic rings. The van der Waals surface area contributed by atoms with Crippen molar-refractivity contribution in [2.45, 2.75) is 84.5 Å². The lowest BCUT2D eigenvalue weighted by molar-refractivity contribution is 0.108. The quantitative estimate of drug-likeness (QED) is 0.365. The van der Waals surface area contributed by atoms with Gasteiger partial charge < -0.3 is 9.40 Å². The molecule has 0 unspecified atom stereocenters.